The molecule has 3 N–H and O–H groups in total. The molecule has 0 unspecified atom stereocenters. The van der Waals surface area contributed by atoms with E-state index in [9.17, 15) is 24.6 Å². The maximum atomic E-state index is 12.6. The molecular formula is C21H26N2O6. The molecule has 2 aromatic rings. The highest BCUT2D eigenvalue weighted by atomic mass is 16.5. The van der Waals surface area contributed by atoms with Crippen LogP contribution in [0, 0.1) is 5.41 Å². The number of H-pyrrole nitrogens is 1. The number of aromatic amines is 1. The molecule has 1 aliphatic heterocycles. The number of aromatic nitrogens is 1. The van der Waals surface area contributed by atoms with Gasteiger partial charge in [-0.2, -0.15) is 5.16 Å². The fraction of sp³-hybridized carbons (Fsp3) is 0.476. The Hall–Kier alpha value is -2.87. The van der Waals surface area contributed by atoms with Crippen LogP contribution in [0.5, 0.6) is 0 Å². The average molecular weight is 402 g/mol. The summed E-state index contributed by atoms with van der Waals surface area (Å²) in [6.45, 7) is 0.291. The minimum Gasteiger partial charge on any atom is -0.481 e. The van der Waals surface area contributed by atoms with Crippen LogP contribution in [0.3, 0.4) is 0 Å². The van der Waals surface area contributed by atoms with Gasteiger partial charge in [0.1, 0.15) is 11.2 Å². The number of aliphatic hydroxyl groups excluding tert-OH is 1. The van der Waals surface area contributed by atoms with E-state index in [4.69, 9.17) is 4.52 Å². The van der Waals surface area contributed by atoms with Crippen LogP contribution in [0.4, 0.5) is 0 Å². The number of rotatable bonds is 8. The van der Waals surface area contributed by atoms with Gasteiger partial charge in [-0.15, -0.1) is 0 Å². The number of aliphatic carboxylic acids is 1. The number of amides is 1. The smallest absolute Gasteiger partial charge is 0.314 e. The van der Waals surface area contributed by atoms with Crippen molar-refractivity contribution in [1.82, 2.24) is 10.1 Å². The van der Waals surface area contributed by atoms with E-state index in [-0.39, 0.29) is 43.7 Å². The number of likely N-dealkylation sites (tertiary alicyclic amines) is 1. The molecule has 156 valence electrons. The fourth-order valence-corrected chi connectivity index (χ4v) is 3.94. The molecule has 0 saturated carbocycles. The number of carbonyl (C=O) groups is 2. The zero-order chi connectivity index (χ0) is 20.9. The van der Waals surface area contributed by atoms with E-state index in [2.05, 4.69) is 5.16 Å². The second-order valence-corrected chi connectivity index (χ2v) is 7.60. The molecule has 0 radical (unpaired) electrons. The van der Waals surface area contributed by atoms with Crippen molar-refractivity contribution in [2.45, 2.75) is 44.6 Å². The first-order valence-corrected chi connectivity index (χ1v) is 9.81. The lowest BCUT2D eigenvalue weighted by molar-refractivity contribution is -0.167. The number of carboxylic acid groups (broad SMARTS) is 1. The Morgan fingerprint density at radius 3 is 2.66 bits per heavy atom. The molecule has 1 aromatic heterocycles. The Balaban J connectivity index is 1.63. The first-order chi connectivity index (χ1) is 13.9. The average Bonchev–Trinajstić information content (AvgIpc) is 3.13. The van der Waals surface area contributed by atoms with E-state index in [1.54, 1.807) is 0 Å². The predicted molar refractivity (Wildman–Crippen MR) is 104 cm³/mol. The van der Waals surface area contributed by atoms with Crippen molar-refractivity contribution in [3.8, 4) is 0 Å². The lowest BCUT2D eigenvalue weighted by Crippen LogP contribution is -2.57. The van der Waals surface area contributed by atoms with Gasteiger partial charge in [0.05, 0.1) is 6.10 Å². The van der Waals surface area contributed by atoms with Gasteiger partial charge in [0.25, 0.3) is 5.56 Å². The van der Waals surface area contributed by atoms with Crippen molar-refractivity contribution < 1.29 is 24.3 Å². The molecule has 1 aromatic carbocycles. The summed E-state index contributed by atoms with van der Waals surface area (Å²) in [6.07, 6.45) is 1.19. The van der Waals surface area contributed by atoms with Crippen LogP contribution in [0.2, 0.25) is 0 Å². The largest absolute Gasteiger partial charge is 0.481 e. The Morgan fingerprint density at radius 1 is 1.24 bits per heavy atom. The minimum atomic E-state index is -1.37. The van der Waals surface area contributed by atoms with E-state index >= 15 is 0 Å². The summed E-state index contributed by atoms with van der Waals surface area (Å²) in [5.41, 5.74) is -0.625. The van der Waals surface area contributed by atoms with Crippen LogP contribution in [-0.2, 0) is 22.4 Å². The molecule has 8 nitrogen and oxygen atoms in total. The minimum absolute atomic E-state index is 0.0196. The quantitative estimate of drug-likeness (QED) is 0.616. The predicted octanol–water partition coefficient (Wildman–Crippen LogP) is 1.59. The molecule has 1 amide bonds. The summed E-state index contributed by atoms with van der Waals surface area (Å²) in [5, 5.41) is 22.6. The van der Waals surface area contributed by atoms with Crippen molar-refractivity contribution in [1.29, 1.82) is 0 Å². The van der Waals surface area contributed by atoms with Crippen molar-refractivity contribution in [3.63, 3.8) is 0 Å². The van der Waals surface area contributed by atoms with E-state index < -0.39 is 17.5 Å². The highest BCUT2D eigenvalue weighted by Crippen LogP contribution is 2.36. The summed E-state index contributed by atoms with van der Waals surface area (Å²) in [4.78, 5) is 37.3. The van der Waals surface area contributed by atoms with Gasteiger partial charge in [-0.25, -0.2) is 0 Å². The van der Waals surface area contributed by atoms with Crippen molar-refractivity contribution in [2.24, 2.45) is 5.41 Å². The molecule has 2 atom stereocenters. The zero-order valence-corrected chi connectivity index (χ0v) is 16.2. The molecule has 2 heterocycles. The number of piperidine rings is 1. The lowest BCUT2D eigenvalue weighted by Gasteiger charge is -2.43. The van der Waals surface area contributed by atoms with Crippen LogP contribution in [-0.4, -0.2) is 51.3 Å². The number of hydrogen-bond donors (Lipinski definition) is 3. The number of benzene rings is 1. The number of nitrogens with zero attached hydrogens (tertiary/aromatic N) is 1. The summed E-state index contributed by atoms with van der Waals surface area (Å²) >= 11 is 0. The van der Waals surface area contributed by atoms with Crippen molar-refractivity contribution in [3.05, 3.63) is 58.1 Å². The molecule has 1 fully saturated rings. The van der Waals surface area contributed by atoms with E-state index in [0.717, 1.165) is 5.56 Å². The number of aryl methyl sites for hydroxylation is 2. The Morgan fingerprint density at radius 2 is 2.00 bits per heavy atom. The molecule has 8 heteroatoms. The molecule has 0 aliphatic carbocycles. The van der Waals surface area contributed by atoms with Gasteiger partial charge in [0, 0.05) is 32.0 Å². The van der Waals surface area contributed by atoms with Crippen LogP contribution >= 0.6 is 0 Å². The molecule has 0 spiro atoms. The third kappa shape index (κ3) is 4.95. The van der Waals surface area contributed by atoms with Crippen LogP contribution < -0.4 is 5.56 Å². The number of hydrogen-bond acceptors (Lipinski definition) is 5. The second-order valence-electron chi connectivity index (χ2n) is 7.60. The van der Waals surface area contributed by atoms with Gasteiger partial charge >= 0.3 is 5.97 Å². The van der Waals surface area contributed by atoms with Crippen LogP contribution in [0.15, 0.2) is 45.7 Å². The summed E-state index contributed by atoms with van der Waals surface area (Å²) < 4.78 is 4.95. The Bertz CT molecular complexity index is 890. The Labute approximate surface area is 168 Å². The first-order valence-electron chi connectivity index (χ1n) is 9.81. The third-order valence-electron chi connectivity index (χ3n) is 5.65. The number of nitrogens with one attached hydrogen (secondary N) is 1. The number of aliphatic hydroxyl groups is 1. The summed E-state index contributed by atoms with van der Waals surface area (Å²) in [7, 11) is 0. The second kappa shape index (κ2) is 9.09. The fourth-order valence-electron chi connectivity index (χ4n) is 3.94. The first kappa shape index (κ1) is 20.9. The van der Waals surface area contributed by atoms with Gasteiger partial charge < -0.3 is 19.6 Å². The third-order valence-corrected chi connectivity index (χ3v) is 5.65. The number of carbonyl (C=O) groups excluding carboxylic acids is 1. The molecular weight excluding hydrogens is 376 g/mol. The molecule has 1 aliphatic rings. The summed E-state index contributed by atoms with van der Waals surface area (Å²) in [5.74, 6) is -0.908. The highest BCUT2D eigenvalue weighted by Gasteiger charge is 2.49. The van der Waals surface area contributed by atoms with Crippen molar-refractivity contribution in [2.75, 3.05) is 13.1 Å². The normalized spacial score (nSPS) is 21.8. The van der Waals surface area contributed by atoms with Crippen LogP contribution in [0.25, 0.3) is 0 Å². The molecule has 0 bridgehead atoms. The van der Waals surface area contributed by atoms with Crippen molar-refractivity contribution >= 4 is 11.9 Å². The topological polar surface area (TPSA) is 124 Å². The standard InChI is InChI=1S/C21H26N2O6/c24-17-10-12-23(19(26)9-8-16-13-18(25)22-29-16)14-21(17,20(27)28)11-4-7-15-5-2-1-3-6-15/h1-3,5-6,13,17,24H,4,7-12,14H2,(H,22,25)(H,27,28)/t17-,21-/m1/s1. The van der Waals surface area contributed by atoms with Gasteiger partial charge in [-0.05, 0) is 31.2 Å². The highest BCUT2D eigenvalue weighted by molar-refractivity contribution is 5.80. The molecule has 3 rings (SSSR count). The SMILES string of the molecule is O=C(CCc1cc(=O)[nH]o1)N1CC[C@@H](O)[C@](CCCc2ccccc2)(C(=O)O)C1. The van der Waals surface area contributed by atoms with Gasteiger partial charge in [-0.1, -0.05) is 30.3 Å². The maximum Gasteiger partial charge on any atom is 0.314 e. The lowest BCUT2D eigenvalue weighted by atomic mass is 9.73. The van der Waals surface area contributed by atoms with E-state index in [1.165, 1.54) is 11.0 Å². The molecule has 1 saturated heterocycles. The van der Waals surface area contributed by atoms with Crippen LogP contribution in [0.1, 0.15) is 37.0 Å². The van der Waals surface area contributed by atoms with E-state index in [0.29, 0.717) is 25.1 Å². The van der Waals surface area contributed by atoms with E-state index in [1.807, 2.05) is 30.3 Å². The Kier molecular flexibility index (Phi) is 6.53. The molecule has 29 heavy (non-hydrogen) atoms. The van der Waals surface area contributed by atoms with Gasteiger partial charge in [0.2, 0.25) is 5.91 Å². The zero-order valence-electron chi connectivity index (χ0n) is 16.2. The summed E-state index contributed by atoms with van der Waals surface area (Å²) in [6, 6.07) is 11.1. The van der Waals surface area contributed by atoms with Gasteiger partial charge in [-0.3, -0.25) is 14.4 Å². The van der Waals surface area contributed by atoms with Gasteiger partial charge in [0.15, 0.2) is 0 Å². The number of carboxylic acids is 1. The maximum absolute atomic E-state index is 12.6. The monoisotopic (exact) mass is 402 g/mol.